The summed E-state index contributed by atoms with van der Waals surface area (Å²) in [7, 11) is 0. The highest BCUT2D eigenvalue weighted by atomic mass is 32.2. The average molecular weight is 463 g/mol. The van der Waals surface area contributed by atoms with E-state index in [4.69, 9.17) is 10.5 Å². The minimum atomic E-state index is -4.61. The number of alkyl halides is 3. The number of rotatable bonds is 3. The first kappa shape index (κ1) is 21.2. The molecule has 168 valence electrons. The third-order valence-corrected chi connectivity index (χ3v) is 7.14. The number of ether oxygens (including phenoxy) is 1. The number of anilines is 2. The summed E-state index contributed by atoms with van der Waals surface area (Å²) in [6.07, 6.45) is 1.57. The van der Waals surface area contributed by atoms with E-state index in [0.717, 1.165) is 63.1 Å². The van der Waals surface area contributed by atoms with Gasteiger partial charge in [0.2, 0.25) is 0 Å². The molecule has 32 heavy (non-hydrogen) atoms. The number of nitrogen functional groups attached to an aromatic ring is 1. The normalized spacial score (nSPS) is 18.5. The molecule has 2 saturated heterocycles. The number of aromatic nitrogens is 4. The van der Waals surface area contributed by atoms with Gasteiger partial charge in [-0.25, -0.2) is 19.9 Å². The topological polar surface area (TPSA) is 90.0 Å². The van der Waals surface area contributed by atoms with Crippen molar-refractivity contribution in [1.29, 1.82) is 0 Å². The highest BCUT2D eigenvalue weighted by molar-refractivity contribution is 7.99. The molecule has 0 bridgehead atoms. The van der Waals surface area contributed by atoms with Crippen molar-refractivity contribution in [3.05, 3.63) is 36.2 Å². The van der Waals surface area contributed by atoms with Gasteiger partial charge in [0.1, 0.15) is 27.7 Å². The molecule has 0 aromatic carbocycles. The standard InChI is InChI=1S/C21H21F3N6OS/c22-21(23,24)17-14(3-7-26-18(17)25)32-16-2-1-13-19(29-16)27-11-15(28-13)30-8-4-20(5-9-30)6-10-31-12-20/h1-3,7,11H,4-6,8-10,12H2,(H2,25,26). The van der Waals surface area contributed by atoms with Gasteiger partial charge in [-0.15, -0.1) is 0 Å². The summed E-state index contributed by atoms with van der Waals surface area (Å²) in [4.78, 5) is 19.2. The molecule has 2 N–H and O–H groups in total. The zero-order chi connectivity index (χ0) is 22.3. The predicted octanol–water partition coefficient (Wildman–Crippen LogP) is 4.18. The van der Waals surface area contributed by atoms with E-state index in [1.165, 1.54) is 12.3 Å². The Morgan fingerprint density at radius 2 is 1.88 bits per heavy atom. The average Bonchev–Trinajstić information content (AvgIpc) is 3.21. The minimum absolute atomic E-state index is 0.0560. The number of piperidine rings is 1. The third-order valence-electron chi connectivity index (χ3n) is 6.14. The zero-order valence-electron chi connectivity index (χ0n) is 17.1. The molecule has 0 aliphatic carbocycles. The SMILES string of the molecule is Nc1nccc(Sc2ccc3nc(N4CCC5(CCOC5)CC4)cnc3n2)c1C(F)(F)F. The maximum absolute atomic E-state index is 13.4. The van der Waals surface area contributed by atoms with Crippen LogP contribution in [0, 0.1) is 5.41 Å². The number of nitrogens with zero attached hydrogens (tertiary/aromatic N) is 5. The van der Waals surface area contributed by atoms with Crippen molar-refractivity contribution in [1.82, 2.24) is 19.9 Å². The first-order valence-electron chi connectivity index (χ1n) is 10.3. The molecular weight excluding hydrogens is 441 g/mol. The van der Waals surface area contributed by atoms with Crippen molar-refractivity contribution in [3.63, 3.8) is 0 Å². The molecule has 11 heteroatoms. The molecule has 7 nitrogen and oxygen atoms in total. The van der Waals surface area contributed by atoms with E-state index in [-0.39, 0.29) is 4.90 Å². The van der Waals surface area contributed by atoms with Gasteiger partial charge in [-0.3, -0.25) is 0 Å². The molecule has 1 spiro atoms. The van der Waals surface area contributed by atoms with Crippen LogP contribution in [0.3, 0.4) is 0 Å². The fourth-order valence-corrected chi connectivity index (χ4v) is 5.23. The summed E-state index contributed by atoms with van der Waals surface area (Å²) in [5.74, 6) is 0.231. The van der Waals surface area contributed by atoms with E-state index in [2.05, 4.69) is 24.8 Å². The van der Waals surface area contributed by atoms with Crippen LogP contribution in [0.5, 0.6) is 0 Å². The monoisotopic (exact) mass is 462 g/mol. The smallest absolute Gasteiger partial charge is 0.383 e. The maximum Gasteiger partial charge on any atom is 0.421 e. The van der Waals surface area contributed by atoms with Crippen LogP contribution in [0.1, 0.15) is 24.8 Å². The first-order valence-corrected chi connectivity index (χ1v) is 11.1. The summed E-state index contributed by atoms with van der Waals surface area (Å²) >= 11 is 0.872. The van der Waals surface area contributed by atoms with Gasteiger partial charge in [0.05, 0.1) is 12.8 Å². The Balaban J connectivity index is 1.36. The molecule has 0 saturated carbocycles. The molecule has 0 radical (unpaired) electrons. The fraction of sp³-hybridized carbons (Fsp3) is 0.429. The highest BCUT2D eigenvalue weighted by Crippen LogP contribution is 2.42. The lowest BCUT2D eigenvalue weighted by Crippen LogP contribution is -2.40. The van der Waals surface area contributed by atoms with Gasteiger partial charge in [0, 0.05) is 30.8 Å². The summed E-state index contributed by atoms with van der Waals surface area (Å²) in [5, 5.41) is 0.372. The van der Waals surface area contributed by atoms with Gasteiger partial charge in [-0.2, -0.15) is 13.2 Å². The Morgan fingerprint density at radius 1 is 1.06 bits per heavy atom. The maximum atomic E-state index is 13.4. The van der Waals surface area contributed by atoms with E-state index in [1.807, 2.05) is 0 Å². The lowest BCUT2D eigenvalue weighted by molar-refractivity contribution is -0.139. The fourth-order valence-electron chi connectivity index (χ4n) is 4.28. The van der Waals surface area contributed by atoms with Crippen LogP contribution >= 0.6 is 11.8 Å². The van der Waals surface area contributed by atoms with Crippen molar-refractivity contribution < 1.29 is 17.9 Å². The Labute approximate surface area is 186 Å². The Hall–Kier alpha value is -2.66. The molecule has 5 heterocycles. The molecule has 3 aromatic heterocycles. The minimum Gasteiger partial charge on any atom is -0.383 e. The first-order chi connectivity index (χ1) is 15.3. The van der Waals surface area contributed by atoms with Crippen molar-refractivity contribution in [3.8, 4) is 0 Å². The van der Waals surface area contributed by atoms with Gasteiger partial charge in [0.15, 0.2) is 5.65 Å². The second-order valence-corrected chi connectivity index (χ2v) is 9.24. The molecule has 3 aromatic rings. The van der Waals surface area contributed by atoms with Crippen LogP contribution in [0.2, 0.25) is 0 Å². The van der Waals surface area contributed by atoms with Crippen LogP contribution < -0.4 is 10.6 Å². The van der Waals surface area contributed by atoms with Crippen molar-refractivity contribution in [2.45, 2.75) is 35.4 Å². The van der Waals surface area contributed by atoms with E-state index in [1.54, 1.807) is 18.3 Å². The van der Waals surface area contributed by atoms with Crippen LogP contribution in [-0.4, -0.2) is 46.2 Å². The molecule has 0 unspecified atom stereocenters. The molecule has 2 aliphatic heterocycles. The van der Waals surface area contributed by atoms with E-state index in [0.29, 0.717) is 21.6 Å². The molecular formula is C21H21F3N6OS. The molecule has 2 aliphatic rings. The van der Waals surface area contributed by atoms with Crippen molar-refractivity contribution in [2.24, 2.45) is 5.41 Å². The summed E-state index contributed by atoms with van der Waals surface area (Å²) in [5.41, 5.74) is 5.81. The number of fused-ring (bicyclic) bond motifs is 1. The predicted molar refractivity (Wildman–Crippen MR) is 114 cm³/mol. The largest absolute Gasteiger partial charge is 0.421 e. The van der Waals surface area contributed by atoms with Crippen molar-refractivity contribution >= 4 is 34.6 Å². The third kappa shape index (κ3) is 4.06. The number of nitrogens with two attached hydrogens (primary N) is 1. The summed E-state index contributed by atoms with van der Waals surface area (Å²) in [6, 6.07) is 4.65. The van der Waals surface area contributed by atoms with Gasteiger partial charge in [-0.1, -0.05) is 11.8 Å². The molecule has 2 fully saturated rings. The van der Waals surface area contributed by atoms with E-state index in [9.17, 15) is 13.2 Å². The van der Waals surface area contributed by atoms with E-state index < -0.39 is 17.6 Å². The Bertz CT molecular complexity index is 1140. The zero-order valence-corrected chi connectivity index (χ0v) is 17.9. The van der Waals surface area contributed by atoms with Crippen LogP contribution in [-0.2, 0) is 10.9 Å². The highest BCUT2D eigenvalue weighted by Gasteiger charge is 2.38. The lowest BCUT2D eigenvalue weighted by Gasteiger charge is -2.38. The van der Waals surface area contributed by atoms with Crippen LogP contribution in [0.15, 0.2) is 40.5 Å². The van der Waals surface area contributed by atoms with Gasteiger partial charge in [-0.05, 0) is 42.9 Å². The lowest BCUT2D eigenvalue weighted by atomic mass is 9.78. The van der Waals surface area contributed by atoms with Crippen molar-refractivity contribution in [2.75, 3.05) is 36.9 Å². The van der Waals surface area contributed by atoms with Crippen LogP contribution in [0.25, 0.3) is 11.2 Å². The molecule has 0 amide bonds. The van der Waals surface area contributed by atoms with Gasteiger partial charge >= 0.3 is 6.18 Å². The summed E-state index contributed by atoms with van der Waals surface area (Å²) < 4.78 is 45.8. The van der Waals surface area contributed by atoms with E-state index >= 15 is 0 Å². The Morgan fingerprint density at radius 3 is 2.59 bits per heavy atom. The van der Waals surface area contributed by atoms with Crippen LogP contribution in [0.4, 0.5) is 24.8 Å². The van der Waals surface area contributed by atoms with Gasteiger partial charge in [0.25, 0.3) is 0 Å². The number of hydrogen-bond acceptors (Lipinski definition) is 8. The Kier molecular flexibility index (Phi) is 5.32. The second kappa shape index (κ2) is 8.04. The molecule has 0 atom stereocenters. The van der Waals surface area contributed by atoms with Gasteiger partial charge < -0.3 is 15.4 Å². The number of halogens is 3. The second-order valence-electron chi connectivity index (χ2n) is 8.18. The number of pyridine rings is 2. The quantitative estimate of drug-likeness (QED) is 0.620. The molecule has 5 rings (SSSR count). The number of hydrogen-bond donors (Lipinski definition) is 1. The summed E-state index contributed by atoms with van der Waals surface area (Å²) in [6.45, 7) is 3.48.